The Kier molecular flexibility index (Phi) is 15.3. The lowest BCUT2D eigenvalue weighted by atomic mass is 10.1. The molecule has 4 N–H and O–H groups in total. The van der Waals surface area contributed by atoms with E-state index >= 15 is 0 Å². The van der Waals surface area contributed by atoms with E-state index in [9.17, 15) is 19.8 Å². The van der Waals surface area contributed by atoms with Crippen molar-refractivity contribution < 1.29 is 43.2 Å². The second-order valence-electron chi connectivity index (χ2n) is 17.0. The van der Waals surface area contributed by atoms with Crippen molar-refractivity contribution in [3.8, 4) is 23.0 Å². The van der Waals surface area contributed by atoms with Crippen LogP contribution in [0.15, 0.2) is 73.0 Å². The Balaban J connectivity index is 0.000000184. The highest BCUT2D eigenvalue weighted by Gasteiger charge is 2.36. The number of rotatable bonds is 16. The van der Waals surface area contributed by atoms with Gasteiger partial charge < -0.3 is 38.5 Å². The number of oxazole rings is 1. The van der Waals surface area contributed by atoms with E-state index in [1.165, 1.54) is 50.1 Å². The monoisotopic (exact) mass is 954 g/mol. The number of methoxy groups -OCH3 is 2. The van der Waals surface area contributed by atoms with Crippen molar-refractivity contribution >= 4 is 58.1 Å². The number of amidine groups is 2. The van der Waals surface area contributed by atoms with Crippen molar-refractivity contribution in [2.24, 2.45) is 20.0 Å². The number of fused-ring (bicyclic) bond motifs is 6. The maximum atomic E-state index is 12.7. The van der Waals surface area contributed by atoms with E-state index in [-0.39, 0.29) is 24.9 Å². The van der Waals surface area contributed by atoms with Gasteiger partial charge in [-0.15, -0.1) is 11.3 Å². The normalized spacial score (nSPS) is 16.9. The molecule has 362 valence electrons. The first-order chi connectivity index (χ1) is 32.9. The lowest BCUT2D eigenvalue weighted by molar-refractivity contribution is 0.0439. The molecule has 0 unspecified atom stereocenters. The van der Waals surface area contributed by atoms with Gasteiger partial charge in [0.05, 0.1) is 45.2 Å². The van der Waals surface area contributed by atoms with Crippen LogP contribution in [0.4, 0.5) is 11.4 Å². The van der Waals surface area contributed by atoms with Gasteiger partial charge in [0.25, 0.3) is 11.8 Å². The van der Waals surface area contributed by atoms with Crippen molar-refractivity contribution in [3.63, 3.8) is 0 Å². The topological polar surface area (TPSA) is 237 Å². The number of guanidine groups is 2. The lowest BCUT2D eigenvalue weighted by Gasteiger charge is -2.32. The van der Waals surface area contributed by atoms with E-state index in [1.807, 2.05) is 28.0 Å². The third-order valence-electron chi connectivity index (χ3n) is 11.8. The number of hydrogen-bond donors (Lipinski definition) is 4. The summed E-state index contributed by atoms with van der Waals surface area (Å²) in [5, 5.41) is 26.7. The number of nitrogens with one attached hydrogen (secondary N) is 2. The number of aromatic nitrogens is 2. The lowest BCUT2D eigenvalue weighted by Crippen LogP contribution is -2.47. The molecule has 2 aromatic heterocycles. The van der Waals surface area contributed by atoms with Gasteiger partial charge in [-0.25, -0.2) is 15.0 Å². The number of ether oxygens (including phenoxy) is 4. The van der Waals surface area contributed by atoms with E-state index in [0.717, 1.165) is 30.1 Å². The van der Waals surface area contributed by atoms with Crippen molar-refractivity contribution in [2.75, 3.05) is 79.8 Å². The van der Waals surface area contributed by atoms with Crippen molar-refractivity contribution in [3.05, 3.63) is 70.3 Å². The van der Waals surface area contributed by atoms with Gasteiger partial charge in [0.2, 0.25) is 17.7 Å². The molecule has 5 aliphatic heterocycles. The summed E-state index contributed by atoms with van der Waals surface area (Å²) in [6.45, 7) is 14.2. The SMILES string of the molecule is COc1c(OC[C@H](O)CN(C(C)C)C(C)C)ccc2c1N=C(NC(=O)c1cncs1)N1CCN=C21.COc1c(OC[C@H](O)CN2CCCC2)ccc2c1N=C(NC(=O)c1cnco1)N1CCN=C21. The minimum atomic E-state index is -0.673. The zero-order valence-electron chi connectivity index (χ0n) is 39.0. The average molecular weight is 955 g/mol. The molecule has 7 heterocycles. The first-order valence-electron chi connectivity index (χ1n) is 22.7. The van der Waals surface area contributed by atoms with E-state index in [2.05, 4.69) is 73.1 Å². The van der Waals surface area contributed by atoms with E-state index in [1.54, 1.807) is 18.7 Å². The first kappa shape index (κ1) is 48.0. The number of β-amino-alcohol motifs (C(OH)–C–C–N with tert-alkyl or cyclic N) is 1. The fraction of sp³-hybridized carbons (Fsp3) is 0.478. The number of aliphatic hydroxyl groups is 2. The van der Waals surface area contributed by atoms with Crippen molar-refractivity contribution in [2.45, 2.75) is 64.8 Å². The van der Waals surface area contributed by atoms with Gasteiger partial charge in [0.1, 0.15) is 53.3 Å². The largest absolute Gasteiger partial charge is 0.491 e. The maximum Gasteiger partial charge on any atom is 0.295 e. The molecule has 0 bridgehead atoms. The summed E-state index contributed by atoms with van der Waals surface area (Å²) in [7, 11) is 3.08. The second-order valence-corrected chi connectivity index (χ2v) is 17.9. The fourth-order valence-corrected chi connectivity index (χ4v) is 9.10. The molecular weight excluding hydrogens is 897 g/mol. The number of aliphatic hydroxyl groups excluding tert-OH is 2. The zero-order valence-corrected chi connectivity index (χ0v) is 39.9. The third kappa shape index (κ3) is 10.6. The van der Waals surface area contributed by atoms with Crippen LogP contribution in [0, 0.1) is 0 Å². The van der Waals surface area contributed by atoms with Crippen LogP contribution < -0.4 is 29.6 Å². The molecule has 4 aromatic rings. The number of aliphatic imine (C=N–C) groups is 4. The summed E-state index contributed by atoms with van der Waals surface area (Å²) in [6.07, 6.45) is 5.10. The highest BCUT2D eigenvalue weighted by atomic mass is 32.1. The van der Waals surface area contributed by atoms with Gasteiger partial charge in [-0.05, 0) is 77.9 Å². The number of carbonyl (C=O) groups excluding carboxylic acids is 2. The van der Waals surface area contributed by atoms with Crippen molar-refractivity contribution in [1.82, 2.24) is 40.2 Å². The summed E-state index contributed by atoms with van der Waals surface area (Å²) in [6, 6.07) is 7.98. The molecule has 0 spiro atoms. The van der Waals surface area contributed by atoms with Crippen LogP contribution in [0.25, 0.3) is 0 Å². The fourth-order valence-electron chi connectivity index (χ4n) is 8.59. The van der Waals surface area contributed by atoms with Gasteiger partial charge in [-0.1, -0.05) is 0 Å². The molecule has 68 heavy (non-hydrogen) atoms. The summed E-state index contributed by atoms with van der Waals surface area (Å²) in [5.74, 6) is 3.25. The summed E-state index contributed by atoms with van der Waals surface area (Å²) in [5.41, 5.74) is 4.23. The number of nitrogens with zero attached hydrogens (tertiary/aromatic N) is 10. The van der Waals surface area contributed by atoms with Gasteiger partial charge >= 0.3 is 0 Å². The number of hydrogen-bond acceptors (Lipinski definition) is 20. The summed E-state index contributed by atoms with van der Waals surface area (Å²) < 4.78 is 28.3. The smallest absolute Gasteiger partial charge is 0.295 e. The Hall–Kier alpha value is -6.46. The van der Waals surface area contributed by atoms with E-state index < -0.39 is 18.1 Å². The number of benzene rings is 2. The Bertz CT molecular complexity index is 2530. The van der Waals surface area contributed by atoms with Crippen LogP contribution in [-0.4, -0.2) is 179 Å². The minimum absolute atomic E-state index is 0.0808. The molecule has 5 aliphatic rings. The standard InChI is InChI=1S/C24H32N6O4S.C22H26N6O5/c1-14(2)30(15(3)4)11-16(31)12-34-18-7-6-17-20(21(18)33-5)27-24(29-9-8-26-22(17)29)28-23(32)19-10-25-13-35-19;1-31-19-16(32-12-14(29)11-27-7-2-3-8-27)5-4-15-18(19)25-22(28-9-6-24-20(15)28)26-21(30)17-10-23-13-33-17/h6-7,10,13-16,31H,8-9,11-12H2,1-5H3,(H,27,28,32);4-5,10,13-14,29H,2-3,6-9,11-12H2,1H3,(H,25,26,30)/t16-;14-/m11/s1. The average Bonchev–Trinajstić information content (AvgIpc) is 4.19. The van der Waals surface area contributed by atoms with Crippen LogP contribution >= 0.6 is 11.3 Å². The zero-order chi connectivity index (χ0) is 47.9. The highest BCUT2D eigenvalue weighted by molar-refractivity contribution is 7.11. The molecule has 9 rings (SSSR count). The molecule has 0 radical (unpaired) electrons. The van der Waals surface area contributed by atoms with Crippen molar-refractivity contribution in [1.29, 1.82) is 0 Å². The molecule has 22 heteroatoms. The maximum absolute atomic E-state index is 12.7. The molecular formula is C46H58N12O9S. The summed E-state index contributed by atoms with van der Waals surface area (Å²) >= 11 is 1.26. The highest BCUT2D eigenvalue weighted by Crippen LogP contribution is 2.44. The molecule has 2 amide bonds. The number of amides is 2. The van der Waals surface area contributed by atoms with Crippen LogP contribution in [0.3, 0.4) is 0 Å². The van der Waals surface area contributed by atoms with Gasteiger partial charge in [0.15, 0.2) is 29.4 Å². The molecule has 1 saturated heterocycles. The Morgan fingerprint density at radius 1 is 0.765 bits per heavy atom. The Morgan fingerprint density at radius 3 is 1.82 bits per heavy atom. The third-order valence-corrected chi connectivity index (χ3v) is 12.5. The Labute approximate surface area is 398 Å². The molecule has 0 saturated carbocycles. The molecule has 1 fully saturated rings. The van der Waals surface area contributed by atoms with Gasteiger partial charge in [-0.2, -0.15) is 0 Å². The molecule has 21 nitrogen and oxygen atoms in total. The van der Waals surface area contributed by atoms with Crippen LogP contribution in [-0.2, 0) is 0 Å². The summed E-state index contributed by atoms with van der Waals surface area (Å²) in [4.78, 5) is 60.3. The van der Waals surface area contributed by atoms with E-state index in [4.69, 9.17) is 28.4 Å². The molecule has 2 aromatic carbocycles. The van der Waals surface area contributed by atoms with Crippen LogP contribution in [0.2, 0.25) is 0 Å². The molecule has 2 atom stereocenters. The number of carbonyl (C=O) groups is 2. The minimum Gasteiger partial charge on any atom is -0.491 e. The predicted molar refractivity (Wildman–Crippen MR) is 256 cm³/mol. The first-order valence-corrected chi connectivity index (χ1v) is 23.6. The predicted octanol–water partition coefficient (Wildman–Crippen LogP) is 3.52. The number of thiazole rings is 1. The van der Waals surface area contributed by atoms with Crippen LogP contribution in [0.5, 0.6) is 23.0 Å². The number of likely N-dealkylation sites (tertiary alicyclic amines) is 1. The van der Waals surface area contributed by atoms with E-state index in [0.29, 0.717) is 108 Å². The Morgan fingerprint density at radius 2 is 1.32 bits per heavy atom. The van der Waals surface area contributed by atoms with Gasteiger partial charge in [0, 0.05) is 49.4 Å². The van der Waals surface area contributed by atoms with Gasteiger partial charge in [-0.3, -0.25) is 49.9 Å². The van der Waals surface area contributed by atoms with Crippen LogP contribution in [0.1, 0.15) is 71.9 Å². The molecule has 0 aliphatic carbocycles. The second kappa shape index (κ2) is 21.7. The quantitative estimate of drug-likeness (QED) is 0.126.